The summed E-state index contributed by atoms with van der Waals surface area (Å²) in [5.41, 5.74) is 1.02. The largest absolute Gasteiger partial charge is 0.478 e. The highest BCUT2D eigenvalue weighted by Gasteiger charge is 2.17. The Bertz CT molecular complexity index is 1020. The van der Waals surface area contributed by atoms with Gasteiger partial charge in [-0.25, -0.2) is 4.79 Å². The van der Waals surface area contributed by atoms with Gasteiger partial charge in [0.1, 0.15) is 0 Å². The molecule has 0 aliphatic rings. The van der Waals surface area contributed by atoms with E-state index < -0.39 is 11.9 Å². The van der Waals surface area contributed by atoms with Crippen molar-refractivity contribution in [3.63, 3.8) is 0 Å². The molecule has 0 fully saturated rings. The van der Waals surface area contributed by atoms with Crippen LogP contribution in [-0.4, -0.2) is 17.0 Å². The number of hydrogen-bond donors (Lipinski definition) is 2. The molecule has 0 spiro atoms. The third kappa shape index (κ3) is 4.02. The van der Waals surface area contributed by atoms with Crippen molar-refractivity contribution in [2.45, 2.75) is 0 Å². The van der Waals surface area contributed by atoms with E-state index in [-0.39, 0.29) is 21.8 Å². The molecule has 2 N–H and O–H groups in total. The quantitative estimate of drug-likeness (QED) is 0.512. The highest BCUT2D eigenvalue weighted by atomic mass is 35.5. The fourth-order valence-electron chi connectivity index (χ4n) is 2.32. The Balaban J connectivity index is 1.94. The summed E-state index contributed by atoms with van der Waals surface area (Å²) in [6, 6.07) is 12.7. The number of nitrogens with one attached hydrogen (secondary N) is 1. The molecule has 0 bridgehead atoms. The van der Waals surface area contributed by atoms with Gasteiger partial charge < -0.3 is 10.4 Å². The van der Waals surface area contributed by atoms with Crippen LogP contribution in [0.15, 0.2) is 48.5 Å². The lowest BCUT2D eigenvalue weighted by molar-refractivity contribution is 0.0698. The van der Waals surface area contributed by atoms with E-state index in [1.165, 1.54) is 41.7 Å². The van der Waals surface area contributed by atoms with Crippen molar-refractivity contribution in [3.8, 4) is 10.4 Å². The van der Waals surface area contributed by atoms with Gasteiger partial charge in [-0.05, 0) is 48.0 Å². The molecule has 0 saturated heterocycles. The molecule has 0 unspecified atom stereocenters. The number of carboxylic acid groups (broad SMARTS) is 1. The molecule has 0 aliphatic carbocycles. The van der Waals surface area contributed by atoms with E-state index in [1.807, 2.05) is 0 Å². The molecule has 132 valence electrons. The summed E-state index contributed by atoms with van der Waals surface area (Å²) in [4.78, 5) is 24.9. The molecule has 0 atom stereocenters. The molecule has 1 aromatic heterocycles. The number of hydrogen-bond acceptors (Lipinski definition) is 3. The molecule has 0 saturated carbocycles. The van der Waals surface area contributed by atoms with Gasteiger partial charge in [-0.15, -0.1) is 11.3 Å². The first kappa shape index (κ1) is 18.7. The SMILES string of the molecule is O=C(Nc1ccc(-c2ccc(Cl)s2)cc1C(=O)O)c1ccc(Cl)cc1Cl. The molecule has 1 amide bonds. The molecular formula is C18H10Cl3NO3S. The van der Waals surface area contributed by atoms with Gasteiger partial charge in [0.05, 0.1) is 26.2 Å². The van der Waals surface area contributed by atoms with Crippen molar-refractivity contribution in [2.24, 2.45) is 0 Å². The molecule has 0 radical (unpaired) electrons. The molecule has 2 aromatic carbocycles. The number of carbonyl (C=O) groups excluding carboxylic acids is 1. The minimum absolute atomic E-state index is 0.0366. The van der Waals surface area contributed by atoms with Gasteiger partial charge in [-0.1, -0.05) is 40.9 Å². The number of amides is 1. The van der Waals surface area contributed by atoms with E-state index in [0.29, 0.717) is 14.9 Å². The van der Waals surface area contributed by atoms with E-state index >= 15 is 0 Å². The lowest BCUT2D eigenvalue weighted by Gasteiger charge is -2.11. The predicted molar refractivity (Wildman–Crippen MR) is 106 cm³/mol. The zero-order valence-electron chi connectivity index (χ0n) is 12.9. The van der Waals surface area contributed by atoms with Crippen LogP contribution < -0.4 is 5.32 Å². The Labute approximate surface area is 167 Å². The van der Waals surface area contributed by atoms with Gasteiger partial charge in [0.2, 0.25) is 0 Å². The number of anilines is 1. The van der Waals surface area contributed by atoms with Gasteiger partial charge >= 0.3 is 5.97 Å². The molecule has 8 heteroatoms. The Morgan fingerprint density at radius 2 is 1.69 bits per heavy atom. The summed E-state index contributed by atoms with van der Waals surface area (Å²) in [5.74, 6) is -1.69. The fourth-order valence-corrected chi connectivity index (χ4v) is 3.85. The highest BCUT2D eigenvalue weighted by Crippen LogP contribution is 2.33. The van der Waals surface area contributed by atoms with E-state index in [4.69, 9.17) is 34.8 Å². The smallest absolute Gasteiger partial charge is 0.337 e. The van der Waals surface area contributed by atoms with Gasteiger partial charge in [0, 0.05) is 9.90 Å². The van der Waals surface area contributed by atoms with Gasteiger partial charge in [0.25, 0.3) is 5.91 Å². The van der Waals surface area contributed by atoms with Crippen molar-refractivity contribution in [1.82, 2.24) is 0 Å². The number of carboxylic acids is 1. The van der Waals surface area contributed by atoms with E-state index in [0.717, 1.165) is 4.88 Å². The number of aromatic carboxylic acids is 1. The van der Waals surface area contributed by atoms with Gasteiger partial charge in [-0.2, -0.15) is 0 Å². The summed E-state index contributed by atoms with van der Waals surface area (Å²) in [6.45, 7) is 0. The monoisotopic (exact) mass is 425 g/mol. The highest BCUT2D eigenvalue weighted by molar-refractivity contribution is 7.19. The summed E-state index contributed by atoms with van der Waals surface area (Å²) in [7, 11) is 0. The number of halogens is 3. The van der Waals surface area contributed by atoms with Crippen molar-refractivity contribution in [1.29, 1.82) is 0 Å². The lowest BCUT2D eigenvalue weighted by atomic mass is 10.1. The first-order chi connectivity index (χ1) is 12.3. The number of benzene rings is 2. The van der Waals surface area contributed by atoms with E-state index in [9.17, 15) is 14.7 Å². The van der Waals surface area contributed by atoms with Crippen LogP contribution in [0.5, 0.6) is 0 Å². The first-order valence-electron chi connectivity index (χ1n) is 7.24. The van der Waals surface area contributed by atoms with Crippen molar-refractivity contribution >= 4 is 63.7 Å². The van der Waals surface area contributed by atoms with Crippen molar-refractivity contribution < 1.29 is 14.7 Å². The van der Waals surface area contributed by atoms with Gasteiger partial charge in [-0.3, -0.25) is 4.79 Å². The topological polar surface area (TPSA) is 66.4 Å². The molecule has 4 nitrogen and oxygen atoms in total. The summed E-state index contributed by atoms with van der Waals surface area (Å²) < 4.78 is 0.603. The normalized spacial score (nSPS) is 10.6. The Hall–Kier alpha value is -2.05. The standard InChI is InChI=1S/C18H10Cl3NO3S/c19-10-2-3-11(13(20)8-10)17(23)22-14-4-1-9(7-12(14)18(24)25)15-5-6-16(21)26-15/h1-8H,(H,22,23)(H,24,25). The second-order valence-electron chi connectivity index (χ2n) is 5.25. The van der Waals surface area contributed by atoms with Crippen LogP contribution in [-0.2, 0) is 0 Å². The average Bonchev–Trinajstić information content (AvgIpc) is 3.01. The van der Waals surface area contributed by atoms with E-state index in [2.05, 4.69) is 5.32 Å². The number of thiophene rings is 1. The maximum absolute atomic E-state index is 12.4. The molecule has 0 aliphatic heterocycles. The average molecular weight is 427 g/mol. The first-order valence-corrected chi connectivity index (χ1v) is 9.19. The molecular weight excluding hydrogens is 417 g/mol. The maximum Gasteiger partial charge on any atom is 0.337 e. The van der Waals surface area contributed by atoms with Crippen molar-refractivity contribution in [2.75, 3.05) is 5.32 Å². The maximum atomic E-state index is 12.4. The third-order valence-corrected chi connectivity index (χ3v) is 5.36. The predicted octanol–water partition coefficient (Wildman–Crippen LogP) is 6.33. The zero-order valence-corrected chi connectivity index (χ0v) is 16.0. The summed E-state index contributed by atoms with van der Waals surface area (Å²) in [6.07, 6.45) is 0. The Kier molecular flexibility index (Phi) is 5.53. The molecule has 3 aromatic rings. The van der Waals surface area contributed by atoms with Crippen LogP contribution in [0.25, 0.3) is 10.4 Å². The molecule has 1 heterocycles. The molecule has 3 rings (SSSR count). The Morgan fingerprint density at radius 1 is 0.923 bits per heavy atom. The van der Waals surface area contributed by atoms with Crippen LogP contribution in [0.3, 0.4) is 0 Å². The lowest BCUT2D eigenvalue weighted by Crippen LogP contribution is -2.15. The summed E-state index contributed by atoms with van der Waals surface area (Å²) in [5, 5.41) is 12.7. The molecule has 26 heavy (non-hydrogen) atoms. The van der Waals surface area contributed by atoms with Crippen LogP contribution in [0.1, 0.15) is 20.7 Å². The van der Waals surface area contributed by atoms with Crippen LogP contribution in [0, 0.1) is 0 Å². The van der Waals surface area contributed by atoms with Crippen LogP contribution >= 0.6 is 46.1 Å². The minimum Gasteiger partial charge on any atom is -0.478 e. The Morgan fingerprint density at radius 3 is 2.31 bits per heavy atom. The fraction of sp³-hybridized carbons (Fsp3) is 0. The second kappa shape index (κ2) is 7.68. The van der Waals surface area contributed by atoms with E-state index in [1.54, 1.807) is 18.2 Å². The number of carbonyl (C=O) groups is 2. The summed E-state index contributed by atoms with van der Waals surface area (Å²) >= 11 is 19.1. The van der Waals surface area contributed by atoms with Crippen molar-refractivity contribution in [3.05, 3.63) is 74.0 Å². The van der Waals surface area contributed by atoms with Crippen LogP contribution in [0.2, 0.25) is 14.4 Å². The zero-order chi connectivity index (χ0) is 18.8. The minimum atomic E-state index is -1.16. The van der Waals surface area contributed by atoms with Crippen LogP contribution in [0.4, 0.5) is 5.69 Å². The van der Waals surface area contributed by atoms with Gasteiger partial charge in [0.15, 0.2) is 0 Å². The number of rotatable bonds is 4. The third-order valence-electron chi connectivity index (χ3n) is 3.53. The second-order valence-corrected chi connectivity index (χ2v) is 7.81.